The molecule has 1 saturated heterocycles. The van der Waals surface area contributed by atoms with Crippen LogP contribution in [-0.4, -0.2) is 48.2 Å². The Kier molecular flexibility index (Phi) is 5.19. The minimum atomic E-state index is 0.102. The third kappa shape index (κ3) is 3.68. The van der Waals surface area contributed by atoms with Gasteiger partial charge >= 0.3 is 0 Å². The van der Waals surface area contributed by atoms with Crippen LogP contribution in [0.4, 0.5) is 5.13 Å². The van der Waals surface area contributed by atoms with Gasteiger partial charge in [-0.3, -0.25) is 0 Å². The lowest BCUT2D eigenvalue weighted by molar-refractivity contribution is 0.283. The highest BCUT2D eigenvalue weighted by atomic mass is 32.1. The van der Waals surface area contributed by atoms with Gasteiger partial charge in [0.15, 0.2) is 5.13 Å². The highest BCUT2D eigenvalue weighted by molar-refractivity contribution is 7.15. The zero-order chi connectivity index (χ0) is 13.8. The lowest BCUT2D eigenvalue weighted by Gasteiger charge is -2.20. The van der Waals surface area contributed by atoms with Gasteiger partial charge in [-0.2, -0.15) is 0 Å². The molecule has 1 aromatic heterocycles. The van der Waals surface area contributed by atoms with Gasteiger partial charge in [-0.25, -0.2) is 4.98 Å². The molecule has 1 fully saturated rings. The number of aliphatic hydroxyl groups excluding tert-OH is 1. The van der Waals surface area contributed by atoms with E-state index in [1.165, 1.54) is 25.9 Å². The average molecular weight is 283 g/mol. The number of thiazole rings is 1. The summed E-state index contributed by atoms with van der Waals surface area (Å²) in [5, 5.41) is 10.4. The molecule has 0 unspecified atom stereocenters. The second-order valence-electron chi connectivity index (χ2n) is 5.59. The molecule has 0 radical (unpaired) electrons. The van der Waals surface area contributed by atoms with Crippen molar-refractivity contribution in [3.05, 3.63) is 10.6 Å². The second kappa shape index (κ2) is 6.68. The van der Waals surface area contributed by atoms with Crippen LogP contribution in [0.1, 0.15) is 43.2 Å². The summed E-state index contributed by atoms with van der Waals surface area (Å²) in [6.45, 7) is 8.96. The Balaban J connectivity index is 1.95. The maximum absolute atomic E-state index is 9.41. The van der Waals surface area contributed by atoms with Gasteiger partial charge in [-0.1, -0.05) is 25.2 Å². The first kappa shape index (κ1) is 14.8. The predicted octanol–water partition coefficient (Wildman–Crippen LogP) is 2.29. The lowest BCUT2D eigenvalue weighted by Crippen LogP contribution is -2.31. The van der Waals surface area contributed by atoms with Crippen molar-refractivity contribution in [2.45, 2.75) is 39.2 Å². The summed E-state index contributed by atoms with van der Waals surface area (Å²) in [5.41, 5.74) is 1.05. The Labute approximate surface area is 120 Å². The molecule has 0 aliphatic carbocycles. The maximum atomic E-state index is 9.41. The monoisotopic (exact) mass is 283 g/mol. The van der Waals surface area contributed by atoms with Crippen LogP contribution in [0.5, 0.6) is 0 Å². The molecule has 2 rings (SSSR count). The molecule has 1 aliphatic rings. The molecule has 19 heavy (non-hydrogen) atoms. The van der Waals surface area contributed by atoms with E-state index in [-0.39, 0.29) is 6.61 Å². The van der Waals surface area contributed by atoms with Crippen molar-refractivity contribution in [1.29, 1.82) is 0 Å². The second-order valence-corrected chi connectivity index (χ2v) is 6.65. The summed E-state index contributed by atoms with van der Waals surface area (Å²) < 4.78 is 0. The molecule has 0 bridgehead atoms. The highest BCUT2D eigenvalue weighted by Gasteiger charge is 2.17. The summed E-state index contributed by atoms with van der Waals surface area (Å²) in [4.78, 5) is 10.4. The molecule has 0 saturated carbocycles. The van der Waals surface area contributed by atoms with Gasteiger partial charge in [0.25, 0.3) is 0 Å². The Morgan fingerprint density at radius 3 is 2.58 bits per heavy atom. The molecule has 0 aromatic carbocycles. The SMILES string of the molecule is CC(C)c1nc(N(C)CCN2CCCC2)sc1CO. The van der Waals surface area contributed by atoms with Crippen LogP contribution in [0.15, 0.2) is 0 Å². The van der Waals surface area contributed by atoms with Gasteiger partial charge < -0.3 is 14.9 Å². The van der Waals surface area contributed by atoms with Crippen LogP contribution in [0.2, 0.25) is 0 Å². The summed E-state index contributed by atoms with van der Waals surface area (Å²) in [6.07, 6.45) is 2.68. The summed E-state index contributed by atoms with van der Waals surface area (Å²) in [6, 6.07) is 0. The van der Waals surface area contributed by atoms with Crippen molar-refractivity contribution < 1.29 is 5.11 Å². The van der Waals surface area contributed by atoms with E-state index in [1.54, 1.807) is 11.3 Å². The number of hydrogen-bond acceptors (Lipinski definition) is 5. The fourth-order valence-corrected chi connectivity index (χ4v) is 3.53. The average Bonchev–Trinajstić information content (AvgIpc) is 3.04. The first-order valence-corrected chi connectivity index (χ1v) is 7.97. The van der Waals surface area contributed by atoms with Crippen LogP contribution in [0.3, 0.4) is 0 Å². The fraction of sp³-hybridized carbons (Fsp3) is 0.786. The molecular formula is C14H25N3OS. The van der Waals surface area contributed by atoms with Crippen molar-refractivity contribution in [2.24, 2.45) is 0 Å². The number of anilines is 1. The molecule has 2 heterocycles. The number of hydrogen-bond donors (Lipinski definition) is 1. The van der Waals surface area contributed by atoms with E-state index in [1.807, 2.05) is 0 Å². The summed E-state index contributed by atoms with van der Waals surface area (Å²) in [7, 11) is 2.10. The van der Waals surface area contributed by atoms with Gasteiger partial charge in [0.1, 0.15) is 0 Å². The van der Waals surface area contributed by atoms with Crippen LogP contribution in [0, 0.1) is 0 Å². The standard InChI is InChI=1S/C14H25N3OS/c1-11(2)13-12(10-18)19-14(15-13)16(3)8-9-17-6-4-5-7-17/h11,18H,4-10H2,1-3H3. The predicted molar refractivity (Wildman–Crippen MR) is 81.1 cm³/mol. The number of nitrogens with zero attached hydrogens (tertiary/aromatic N) is 3. The third-order valence-electron chi connectivity index (χ3n) is 3.68. The molecule has 1 aromatic rings. The van der Waals surface area contributed by atoms with Crippen molar-refractivity contribution in [1.82, 2.24) is 9.88 Å². The Morgan fingerprint density at radius 2 is 2.05 bits per heavy atom. The van der Waals surface area contributed by atoms with Gasteiger partial charge in [0, 0.05) is 20.1 Å². The van der Waals surface area contributed by atoms with Crippen molar-refractivity contribution >= 4 is 16.5 Å². The fourth-order valence-electron chi connectivity index (χ4n) is 2.47. The Hall–Kier alpha value is -0.650. The van der Waals surface area contributed by atoms with Gasteiger partial charge in [-0.15, -0.1) is 0 Å². The highest BCUT2D eigenvalue weighted by Crippen LogP contribution is 2.30. The van der Waals surface area contributed by atoms with E-state index < -0.39 is 0 Å². The van der Waals surface area contributed by atoms with E-state index >= 15 is 0 Å². The molecule has 4 nitrogen and oxygen atoms in total. The topological polar surface area (TPSA) is 39.6 Å². The lowest BCUT2D eigenvalue weighted by atomic mass is 10.1. The minimum absolute atomic E-state index is 0.102. The number of likely N-dealkylation sites (tertiary alicyclic amines) is 1. The van der Waals surface area contributed by atoms with E-state index in [9.17, 15) is 5.11 Å². The zero-order valence-electron chi connectivity index (χ0n) is 12.2. The number of rotatable bonds is 6. The van der Waals surface area contributed by atoms with Gasteiger partial charge in [0.05, 0.1) is 17.2 Å². The van der Waals surface area contributed by atoms with Crippen LogP contribution < -0.4 is 4.90 Å². The maximum Gasteiger partial charge on any atom is 0.185 e. The Bertz CT molecular complexity index is 399. The molecule has 1 N–H and O–H groups in total. The number of aromatic nitrogens is 1. The zero-order valence-corrected chi connectivity index (χ0v) is 13.0. The molecule has 0 amide bonds. The van der Waals surface area contributed by atoms with Crippen molar-refractivity contribution in [2.75, 3.05) is 38.1 Å². The molecule has 108 valence electrons. The number of likely N-dealkylation sites (N-methyl/N-ethyl adjacent to an activating group) is 1. The van der Waals surface area contributed by atoms with Gasteiger partial charge in [0.2, 0.25) is 0 Å². The largest absolute Gasteiger partial charge is 0.391 e. The smallest absolute Gasteiger partial charge is 0.185 e. The van der Waals surface area contributed by atoms with Crippen molar-refractivity contribution in [3.8, 4) is 0 Å². The van der Waals surface area contributed by atoms with Crippen LogP contribution >= 0.6 is 11.3 Å². The van der Waals surface area contributed by atoms with Crippen LogP contribution in [0.25, 0.3) is 0 Å². The molecule has 5 heteroatoms. The minimum Gasteiger partial charge on any atom is -0.391 e. The van der Waals surface area contributed by atoms with Gasteiger partial charge in [-0.05, 0) is 31.8 Å². The molecule has 0 spiro atoms. The van der Waals surface area contributed by atoms with E-state index in [0.29, 0.717) is 5.92 Å². The quantitative estimate of drug-likeness (QED) is 0.869. The molecule has 0 atom stereocenters. The molecular weight excluding hydrogens is 258 g/mol. The van der Waals surface area contributed by atoms with E-state index in [0.717, 1.165) is 28.8 Å². The van der Waals surface area contributed by atoms with E-state index in [2.05, 4.69) is 30.7 Å². The first-order valence-electron chi connectivity index (χ1n) is 7.15. The van der Waals surface area contributed by atoms with Crippen molar-refractivity contribution in [3.63, 3.8) is 0 Å². The third-order valence-corrected chi connectivity index (χ3v) is 4.85. The normalized spacial score (nSPS) is 16.5. The van der Waals surface area contributed by atoms with Crippen LogP contribution in [-0.2, 0) is 6.61 Å². The number of aliphatic hydroxyl groups is 1. The Morgan fingerprint density at radius 1 is 1.37 bits per heavy atom. The summed E-state index contributed by atoms with van der Waals surface area (Å²) in [5.74, 6) is 0.374. The molecule has 1 aliphatic heterocycles. The van der Waals surface area contributed by atoms with E-state index in [4.69, 9.17) is 4.98 Å². The summed E-state index contributed by atoms with van der Waals surface area (Å²) >= 11 is 1.62. The first-order chi connectivity index (χ1) is 9.11.